The van der Waals surface area contributed by atoms with Crippen molar-refractivity contribution in [1.29, 1.82) is 0 Å². The zero-order valence-corrected chi connectivity index (χ0v) is 12.8. The minimum atomic E-state index is -0.0310. The maximum Gasteiger partial charge on any atom is 0.228 e. The highest BCUT2D eigenvalue weighted by atomic mass is 16.3. The van der Waals surface area contributed by atoms with Gasteiger partial charge in [-0.1, -0.05) is 31.2 Å². The summed E-state index contributed by atoms with van der Waals surface area (Å²) in [7, 11) is 0. The van der Waals surface area contributed by atoms with Gasteiger partial charge in [0.15, 0.2) is 0 Å². The number of nitrogens with one attached hydrogen (secondary N) is 1. The molecule has 1 heterocycles. The van der Waals surface area contributed by atoms with Crippen LogP contribution in [0.2, 0.25) is 0 Å². The summed E-state index contributed by atoms with van der Waals surface area (Å²) in [4.78, 5) is 12.2. The lowest BCUT2D eigenvalue weighted by molar-refractivity contribution is -0.115. The number of furan rings is 1. The van der Waals surface area contributed by atoms with Crippen LogP contribution in [0.3, 0.4) is 0 Å². The summed E-state index contributed by atoms with van der Waals surface area (Å²) in [5, 5.41) is 3.95. The van der Waals surface area contributed by atoms with Gasteiger partial charge in [0, 0.05) is 16.6 Å². The van der Waals surface area contributed by atoms with Crippen LogP contribution in [0.4, 0.5) is 5.69 Å². The van der Waals surface area contributed by atoms with Crippen LogP contribution in [0.5, 0.6) is 0 Å². The van der Waals surface area contributed by atoms with Gasteiger partial charge in [-0.3, -0.25) is 4.79 Å². The average molecular weight is 293 g/mol. The Labute approximate surface area is 130 Å². The van der Waals surface area contributed by atoms with E-state index in [1.807, 2.05) is 43.3 Å². The van der Waals surface area contributed by atoms with E-state index in [4.69, 9.17) is 4.42 Å². The largest absolute Gasteiger partial charge is 0.464 e. The van der Waals surface area contributed by atoms with E-state index in [0.717, 1.165) is 34.2 Å². The Morgan fingerprint density at radius 3 is 2.86 bits per heavy atom. The van der Waals surface area contributed by atoms with Crippen molar-refractivity contribution in [3.05, 3.63) is 65.4 Å². The molecule has 0 aliphatic rings. The molecule has 0 fully saturated rings. The molecule has 0 atom stereocenters. The van der Waals surface area contributed by atoms with Gasteiger partial charge in [-0.25, -0.2) is 0 Å². The second-order valence-electron chi connectivity index (χ2n) is 5.54. The Hall–Kier alpha value is -2.55. The van der Waals surface area contributed by atoms with Gasteiger partial charge in [0.05, 0.1) is 12.7 Å². The Morgan fingerprint density at radius 1 is 1.18 bits per heavy atom. The van der Waals surface area contributed by atoms with Gasteiger partial charge in [-0.15, -0.1) is 0 Å². The van der Waals surface area contributed by atoms with Gasteiger partial charge >= 0.3 is 0 Å². The van der Waals surface area contributed by atoms with Crippen molar-refractivity contribution in [2.75, 3.05) is 5.32 Å². The second-order valence-corrected chi connectivity index (χ2v) is 5.54. The first-order chi connectivity index (χ1) is 10.7. The van der Waals surface area contributed by atoms with E-state index in [2.05, 4.69) is 18.3 Å². The average Bonchev–Trinajstić information content (AvgIpc) is 2.89. The van der Waals surface area contributed by atoms with Crippen molar-refractivity contribution >= 4 is 22.6 Å². The predicted octanol–water partition coefficient (Wildman–Crippen LogP) is 4.48. The number of aryl methyl sites for hydroxylation is 2. The normalized spacial score (nSPS) is 10.8. The van der Waals surface area contributed by atoms with Crippen LogP contribution in [-0.2, 0) is 17.6 Å². The summed E-state index contributed by atoms with van der Waals surface area (Å²) in [5.74, 6) is -0.0310. The molecule has 0 saturated heterocycles. The van der Waals surface area contributed by atoms with Crippen LogP contribution in [0, 0.1) is 6.92 Å². The van der Waals surface area contributed by atoms with Crippen molar-refractivity contribution in [2.24, 2.45) is 0 Å². The lowest BCUT2D eigenvalue weighted by Gasteiger charge is -2.06. The maximum absolute atomic E-state index is 12.2. The molecule has 1 N–H and O–H groups in total. The summed E-state index contributed by atoms with van der Waals surface area (Å²) in [6, 6.07) is 14.0. The Balaban J connectivity index is 1.75. The van der Waals surface area contributed by atoms with E-state index in [1.165, 1.54) is 5.56 Å². The third kappa shape index (κ3) is 3.03. The Bertz CT molecular complexity index is 817. The van der Waals surface area contributed by atoms with Crippen molar-refractivity contribution in [3.8, 4) is 0 Å². The fourth-order valence-corrected chi connectivity index (χ4v) is 2.57. The Morgan fingerprint density at radius 2 is 2.05 bits per heavy atom. The van der Waals surface area contributed by atoms with Crippen LogP contribution in [0.25, 0.3) is 11.0 Å². The molecule has 1 amide bonds. The molecular weight excluding hydrogens is 274 g/mol. The number of fused-ring (bicyclic) bond motifs is 1. The minimum Gasteiger partial charge on any atom is -0.464 e. The molecule has 0 aliphatic heterocycles. The molecule has 0 bridgehead atoms. The highest BCUT2D eigenvalue weighted by Crippen LogP contribution is 2.23. The predicted molar refractivity (Wildman–Crippen MR) is 89.1 cm³/mol. The molecule has 0 radical (unpaired) electrons. The number of carbonyl (C=O) groups excluding carboxylic acids is 1. The number of amides is 1. The number of carbonyl (C=O) groups is 1. The molecule has 0 unspecified atom stereocenters. The van der Waals surface area contributed by atoms with Gasteiger partial charge in [0.25, 0.3) is 0 Å². The number of rotatable bonds is 4. The second kappa shape index (κ2) is 6.06. The summed E-state index contributed by atoms with van der Waals surface area (Å²) in [6.07, 6.45) is 2.94. The van der Waals surface area contributed by atoms with E-state index in [-0.39, 0.29) is 5.91 Å². The zero-order valence-electron chi connectivity index (χ0n) is 12.8. The molecule has 0 aliphatic carbocycles. The fraction of sp³-hybridized carbons (Fsp3) is 0.211. The number of anilines is 1. The molecule has 3 aromatic rings. The Kier molecular flexibility index (Phi) is 3.96. The van der Waals surface area contributed by atoms with Gasteiger partial charge in [0.1, 0.15) is 5.58 Å². The van der Waals surface area contributed by atoms with Gasteiger partial charge < -0.3 is 9.73 Å². The summed E-state index contributed by atoms with van der Waals surface area (Å²) in [5.41, 5.74) is 4.94. The molecule has 2 aromatic carbocycles. The monoisotopic (exact) mass is 293 g/mol. The molecule has 3 rings (SSSR count). The van der Waals surface area contributed by atoms with Gasteiger partial charge in [-0.05, 0) is 42.7 Å². The third-order valence-electron chi connectivity index (χ3n) is 3.78. The lowest BCUT2D eigenvalue weighted by Crippen LogP contribution is -2.14. The third-order valence-corrected chi connectivity index (χ3v) is 3.78. The first-order valence-corrected chi connectivity index (χ1v) is 7.51. The van der Waals surface area contributed by atoms with Crippen LogP contribution in [0.1, 0.15) is 23.6 Å². The van der Waals surface area contributed by atoms with E-state index in [9.17, 15) is 4.79 Å². The molecule has 3 nitrogen and oxygen atoms in total. The van der Waals surface area contributed by atoms with Crippen LogP contribution >= 0.6 is 0 Å². The highest BCUT2D eigenvalue weighted by molar-refractivity contribution is 5.95. The van der Waals surface area contributed by atoms with Crippen LogP contribution in [-0.4, -0.2) is 5.91 Å². The summed E-state index contributed by atoms with van der Waals surface area (Å²) >= 11 is 0. The van der Waals surface area contributed by atoms with Crippen molar-refractivity contribution in [1.82, 2.24) is 0 Å². The lowest BCUT2D eigenvalue weighted by atomic mass is 10.1. The molecule has 22 heavy (non-hydrogen) atoms. The SMILES string of the molecule is CCc1cccc(NC(=O)Cc2coc3cc(C)ccc23)c1. The first kappa shape index (κ1) is 14.4. The van der Waals surface area contributed by atoms with E-state index in [1.54, 1.807) is 6.26 Å². The number of benzene rings is 2. The van der Waals surface area contributed by atoms with Crippen molar-refractivity contribution < 1.29 is 9.21 Å². The fourth-order valence-electron chi connectivity index (χ4n) is 2.57. The zero-order chi connectivity index (χ0) is 15.5. The number of hydrogen-bond acceptors (Lipinski definition) is 2. The molecule has 0 saturated carbocycles. The van der Waals surface area contributed by atoms with E-state index < -0.39 is 0 Å². The highest BCUT2D eigenvalue weighted by Gasteiger charge is 2.11. The molecule has 3 heteroatoms. The van der Waals surface area contributed by atoms with Crippen LogP contribution in [0.15, 0.2) is 53.1 Å². The number of hydrogen-bond donors (Lipinski definition) is 1. The van der Waals surface area contributed by atoms with Crippen molar-refractivity contribution in [2.45, 2.75) is 26.7 Å². The van der Waals surface area contributed by atoms with Gasteiger partial charge in [-0.2, -0.15) is 0 Å². The molecule has 1 aromatic heterocycles. The smallest absolute Gasteiger partial charge is 0.228 e. The van der Waals surface area contributed by atoms with E-state index in [0.29, 0.717) is 6.42 Å². The first-order valence-electron chi connectivity index (χ1n) is 7.51. The summed E-state index contributed by atoms with van der Waals surface area (Å²) < 4.78 is 5.54. The standard InChI is InChI=1S/C19H19NO2/c1-3-14-5-4-6-16(10-14)20-19(21)11-15-12-22-18-9-13(2)7-8-17(15)18/h4-10,12H,3,11H2,1-2H3,(H,20,21). The minimum absolute atomic E-state index is 0.0310. The molecule has 0 spiro atoms. The summed E-state index contributed by atoms with van der Waals surface area (Å²) in [6.45, 7) is 4.12. The molecular formula is C19H19NO2. The van der Waals surface area contributed by atoms with Gasteiger partial charge in [0.2, 0.25) is 5.91 Å². The topological polar surface area (TPSA) is 42.2 Å². The van der Waals surface area contributed by atoms with Crippen molar-refractivity contribution in [3.63, 3.8) is 0 Å². The van der Waals surface area contributed by atoms with E-state index >= 15 is 0 Å². The van der Waals surface area contributed by atoms with Crippen LogP contribution < -0.4 is 5.32 Å². The quantitative estimate of drug-likeness (QED) is 0.770. The maximum atomic E-state index is 12.2. The molecule has 112 valence electrons.